The Hall–Kier alpha value is -2.21. The van der Waals surface area contributed by atoms with E-state index in [2.05, 4.69) is 4.90 Å². The standard InChI is InChI=1S/C23H33N3O3/c1-18-6-7-19(2)20(16-18)21(27)8-9-22(28)26-14-12-24(13-15-26)17-23(29)25-10-4-3-5-11-25/h6-7,16H,3-5,8-15,17H2,1-2H3. The third-order valence-electron chi connectivity index (χ3n) is 6.05. The fourth-order valence-electron chi connectivity index (χ4n) is 4.14. The monoisotopic (exact) mass is 399 g/mol. The first-order valence-corrected chi connectivity index (χ1v) is 10.8. The first-order chi connectivity index (χ1) is 13.9. The van der Waals surface area contributed by atoms with E-state index in [0.717, 1.165) is 55.7 Å². The molecule has 0 aliphatic carbocycles. The molecule has 0 aromatic heterocycles. The maximum Gasteiger partial charge on any atom is 0.236 e. The highest BCUT2D eigenvalue weighted by Gasteiger charge is 2.25. The van der Waals surface area contributed by atoms with Crippen LogP contribution >= 0.6 is 0 Å². The molecule has 0 atom stereocenters. The van der Waals surface area contributed by atoms with Crippen LogP contribution in [0.1, 0.15) is 53.6 Å². The molecule has 1 aromatic rings. The SMILES string of the molecule is Cc1ccc(C)c(C(=O)CCC(=O)N2CCN(CC(=O)N3CCCCC3)CC2)c1. The molecule has 0 radical (unpaired) electrons. The predicted molar refractivity (Wildman–Crippen MR) is 113 cm³/mol. The van der Waals surface area contributed by atoms with Gasteiger partial charge in [0, 0.05) is 57.7 Å². The van der Waals surface area contributed by atoms with Crippen molar-refractivity contribution in [2.24, 2.45) is 0 Å². The van der Waals surface area contributed by atoms with Gasteiger partial charge in [0.1, 0.15) is 0 Å². The third-order valence-corrected chi connectivity index (χ3v) is 6.05. The van der Waals surface area contributed by atoms with Crippen molar-refractivity contribution in [2.45, 2.75) is 46.0 Å². The van der Waals surface area contributed by atoms with E-state index < -0.39 is 0 Å². The first kappa shape index (κ1) is 21.5. The molecule has 6 heteroatoms. The zero-order valence-electron chi connectivity index (χ0n) is 17.8. The summed E-state index contributed by atoms with van der Waals surface area (Å²) in [6.45, 7) is 8.81. The maximum absolute atomic E-state index is 12.5. The lowest BCUT2D eigenvalue weighted by atomic mass is 9.99. The molecule has 0 spiro atoms. The van der Waals surface area contributed by atoms with E-state index in [1.807, 2.05) is 41.8 Å². The zero-order chi connectivity index (χ0) is 20.8. The number of ketones is 1. The lowest BCUT2D eigenvalue weighted by molar-refractivity contribution is -0.135. The highest BCUT2D eigenvalue weighted by Crippen LogP contribution is 2.15. The van der Waals surface area contributed by atoms with Crippen molar-refractivity contribution < 1.29 is 14.4 Å². The smallest absolute Gasteiger partial charge is 0.236 e. The second-order valence-electron chi connectivity index (χ2n) is 8.34. The molecule has 2 aliphatic heterocycles. The number of rotatable bonds is 6. The van der Waals surface area contributed by atoms with Crippen LogP contribution in [-0.4, -0.2) is 78.1 Å². The molecule has 3 rings (SSSR count). The average molecular weight is 400 g/mol. The molecular weight excluding hydrogens is 366 g/mol. The highest BCUT2D eigenvalue weighted by molar-refractivity contribution is 5.99. The normalized spacial score (nSPS) is 18.0. The summed E-state index contributed by atoms with van der Waals surface area (Å²) in [6, 6.07) is 5.85. The van der Waals surface area contributed by atoms with Gasteiger partial charge >= 0.3 is 0 Å². The van der Waals surface area contributed by atoms with E-state index in [-0.39, 0.29) is 30.4 Å². The number of aryl methyl sites for hydroxylation is 2. The minimum absolute atomic E-state index is 0.0327. The summed E-state index contributed by atoms with van der Waals surface area (Å²) in [5.41, 5.74) is 2.74. The summed E-state index contributed by atoms with van der Waals surface area (Å²) in [5.74, 6) is 0.277. The Morgan fingerprint density at radius 3 is 2.14 bits per heavy atom. The summed E-state index contributed by atoms with van der Waals surface area (Å²) >= 11 is 0. The Balaban J connectivity index is 1.41. The lowest BCUT2D eigenvalue weighted by Gasteiger charge is -2.36. The average Bonchev–Trinajstić information content (AvgIpc) is 2.74. The molecule has 2 heterocycles. The van der Waals surface area contributed by atoms with Crippen LogP contribution in [0.3, 0.4) is 0 Å². The fraction of sp³-hybridized carbons (Fsp3) is 0.609. The molecule has 2 saturated heterocycles. The van der Waals surface area contributed by atoms with Gasteiger partial charge in [-0.1, -0.05) is 17.7 Å². The molecule has 6 nitrogen and oxygen atoms in total. The Morgan fingerprint density at radius 1 is 0.793 bits per heavy atom. The van der Waals surface area contributed by atoms with Gasteiger partial charge in [0.15, 0.2) is 5.78 Å². The van der Waals surface area contributed by atoms with E-state index in [0.29, 0.717) is 19.6 Å². The van der Waals surface area contributed by atoms with Gasteiger partial charge in [-0.15, -0.1) is 0 Å². The van der Waals surface area contributed by atoms with Crippen molar-refractivity contribution in [1.29, 1.82) is 0 Å². The van der Waals surface area contributed by atoms with Crippen LogP contribution in [0.2, 0.25) is 0 Å². The van der Waals surface area contributed by atoms with Gasteiger partial charge in [0.25, 0.3) is 0 Å². The van der Waals surface area contributed by atoms with E-state index in [4.69, 9.17) is 0 Å². The molecule has 1 aromatic carbocycles. The highest BCUT2D eigenvalue weighted by atomic mass is 16.2. The van der Waals surface area contributed by atoms with Crippen molar-refractivity contribution in [1.82, 2.24) is 14.7 Å². The molecule has 0 N–H and O–H groups in total. The van der Waals surface area contributed by atoms with E-state index >= 15 is 0 Å². The number of amides is 2. The Labute approximate surface area is 173 Å². The predicted octanol–water partition coefficient (Wildman–Crippen LogP) is 2.42. The first-order valence-electron chi connectivity index (χ1n) is 10.8. The summed E-state index contributed by atoms with van der Waals surface area (Å²) in [7, 11) is 0. The van der Waals surface area contributed by atoms with Gasteiger partial charge in [-0.2, -0.15) is 0 Å². The summed E-state index contributed by atoms with van der Waals surface area (Å²) in [4.78, 5) is 43.4. The Kier molecular flexibility index (Phi) is 7.42. The Bertz CT molecular complexity index is 748. The minimum Gasteiger partial charge on any atom is -0.342 e. The number of nitrogens with zero attached hydrogens (tertiary/aromatic N) is 3. The fourth-order valence-corrected chi connectivity index (χ4v) is 4.14. The summed E-state index contributed by atoms with van der Waals surface area (Å²) in [5, 5.41) is 0. The van der Waals surface area contributed by atoms with Crippen molar-refractivity contribution >= 4 is 17.6 Å². The van der Waals surface area contributed by atoms with Gasteiger partial charge < -0.3 is 9.80 Å². The number of piperazine rings is 1. The van der Waals surface area contributed by atoms with Crippen LogP contribution in [-0.2, 0) is 9.59 Å². The minimum atomic E-state index is 0.0327. The number of benzene rings is 1. The molecular formula is C23H33N3O3. The molecule has 2 amide bonds. The molecule has 0 saturated carbocycles. The zero-order valence-corrected chi connectivity index (χ0v) is 17.8. The summed E-state index contributed by atoms with van der Waals surface area (Å²) < 4.78 is 0. The van der Waals surface area contributed by atoms with E-state index in [1.54, 1.807) is 0 Å². The topological polar surface area (TPSA) is 60.9 Å². The Morgan fingerprint density at radius 2 is 1.45 bits per heavy atom. The number of likely N-dealkylation sites (tertiary alicyclic amines) is 1. The van der Waals surface area contributed by atoms with Crippen LogP contribution in [0, 0.1) is 13.8 Å². The number of hydrogen-bond donors (Lipinski definition) is 0. The molecule has 2 fully saturated rings. The van der Waals surface area contributed by atoms with E-state index in [9.17, 15) is 14.4 Å². The number of carbonyl (C=O) groups is 3. The van der Waals surface area contributed by atoms with Gasteiger partial charge in [-0.3, -0.25) is 19.3 Å². The van der Waals surface area contributed by atoms with Crippen LogP contribution in [0.4, 0.5) is 0 Å². The van der Waals surface area contributed by atoms with Crippen LogP contribution in [0.15, 0.2) is 18.2 Å². The van der Waals surface area contributed by atoms with Gasteiger partial charge in [-0.25, -0.2) is 0 Å². The van der Waals surface area contributed by atoms with Crippen LogP contribution in [0.25, 0.3) is 0 Å². The van der Waals surface area contributed by atoms with Crippen molar-refractivity contribution in [3.8, 4) is 0 Å². The lowest BCUT2D eigenvalue weighted by Crippen LogP contribution is -2.52. The van der Waals surface area contributed by atoms with Gasteiger partial charge in [-0.05, 0) is 44.7 Å². The molecule has 29 heavy (non-hydrogen) atoms. The number of Topliss-reactive ketones (excluding diaryl/α,β-unsaturated/α-hetero) is 1. The second kappa shape index (κ2) is 10.0. The summed E-state index contributed by atoms with van der Waals surface area (Å²) in [6.07, 6.45) is 3.93. The van der Waals surface area contributed by atoms with Crippen LogP contribution < -0.4 is 0 Å². The van der Waals surface area contributed by atoms with Crippen molar-refractivity contribution in [3.05, 3.63) is 34.9 Å². The number of carbonyl (C=O) groups excluding carboxylic acids is 3. The third kappa shape index (κ3) is 5.89. The van der Waals surface area contributed by atoms with Gasteiger partial charge in [0.05, 0.1) is 6.54 Å². The maximum atomic E-state index is 12.5. The van der Waals surface area contributed by atoms with E-state index in [1.165, 1.54) is 6.42 Å². The van der Waals surface area contributed by atoms with Crippen LogP contribution in [0.5, 0.6) is 0 Å². The second-order valence-corrected chi connectivity index (χ2v) is 8.34. The molecule has 158 valence electrons. The number of piperidine rings is 1. The molecule has 0 unspecified atom stereocenters. The quantitative estimate of drug-likeness (QED) is 0.690. The van der Waals surface area contributed by atoms with Crippen molar-refractivity contribution in [3.63, 3.8) is 0 Å². The molecule has 2 aliphatic rings. The van der Waals surface area contributed by atoms with Gasteiger partial charge in [0.2, 0.25) is 11.8 Å². The molecule has 0 bridgehead atoms. The number of hydrogen-bond acceptors (Lipinski definition) is 4. The largest absolute Gasteiger partial charge is 0.342 e. The van der Waals surface area contributed by atoms with Crippen molar-refractivity contribution in [2.75, 3.05) is 45.8 Å².